The third kappa shape index (κ3) is 4.85. The number of aromatic hydroxyl groups is 1. The Morgan fingerprint density at radius 3 is 2.56 bits per heavy atom. The van der Waals surface area contributed by atoms with Crippen LogP contribution in [0.3, 0.4) is 0 Å². The molecule has 132 valence electrons. The molecule has 0 heterocycles. The van der Waals surface area contributed by atoms with Crippen molar-refractivity contribution in [2.75, 3.05) is 0 Å². The van der Waals surface area contributed by atoms with E-state index in [0.29, 0.717) is 12.5 Å². The molecule has 1 aliphatic rings. The lowest BCUT2D eigenvalue weighted by Gasteiger charge is -2.25. The summed E-state index contributed by atoms with van der Waals surface area (Å²) in [7, 11) is 0. The molecule has 0 aromatic heterocycles. The molecular weight excluding hydrogens is 378 g/mol. The van der Waals surface area contributed by atoms with E-state index in [9.17, 15) is 9.90 Å². The van der Waals surface area contributed by atoms with Gasteiger partial charge < -0.3 is 10.4 Å². The fraction of sp³-hybridized carbons (Fsp3) is 0.381. The molecule has 1 fully saturated rings. The van der Waals surface area contributed by atoms with E-state index in [-0.39, 0.29) is 17.6 Å². The van der Waals surface area contributed by atoms with Gasteiger partial charge in [0.2, 0.25) is 5.91 Å². The normalized spacial score (nSPS) is 16.4. The summed E-state index contributed by atoms with van der Waals surface area (Å²) in [5.41, 5.74) is 1.81. The van der Waals surface area contributed by atoms with Gasteiger partial charge in [0.05, 0.1) is 0 Å². The van der Waals surface area contributed by atoms with Crippen LogP contribution in [0.2, 0.25) is 0 Å². The number of carbonyl (C=O) groups is 1. The Morgan fingerprint density at radius 2 is 1.84 bits per heavy atom. The Labute approximate surface area is 157 Å². The summed E-state index contributed by atoms with van der Waals surface area (Å²) >= 11 is 3.47. The van der Waals surface area contributed by atoms with Crippen LogP contribution in [-0.2, 0) is 4.79 Å². The molecule has 0 unspecified atom stereocenters. The van der Waals surface area contributed by atoms with Crippen molar-refractivity contribution in [2.24, 2.45) is 0 Å². The minimum Gasteiger partial charge on any atom is -0.508 e. The smallest absolute Gasteiger partial charge is 0.221 e. The molecule has 2 aromatic rings. The van der Waals surface area contributed by atoms with Crippen molar-refractivity contribution < 1.29 is 9.90 Å². The van der Waals surface area contributed by atoms with E-state index in [2.05, 4.69) is 21.2 Å². The molecule has 0 spiro atoms. The minimum atomic E-state index is -0.165. The number of hydrogen-bond acceptors (Lipinski definition) is 2. The van der Waals surface area contributed by atoms with Crippen LogP contribution < -0.4 is 5.32 Å². The van der Waals surface area contributed by atoms with E-state index >= 15 is 0 Å². The number of amides is 1. The zero-order valence-corrected chi connectivity index (χ0v) is 15.8. The molecule has 2 aromatic carbocycles. The van der Waals surface area contributed by atoms with Crippen molar-refractivity contribution >= 4 is 21.8 Å². The first-order valence-electron chi connectivity index (χ1n) is 8.96. The number of benzene rings is 2. The summed E-state index contributed by atoms with van der Waals surface area (Å²) in [5.74, 6) is 0.116. The molecule has 0 aliphatic heterocycles. The summed E-state index contributed by atoms with van der Waals surface area (Å²) in [4.78, 5) is 12.7. The van der Waals surface area contributed by atoms with Gasteiger partial charge in [0.1, 0.15) is 5.75 Å². The maximum absolute atomic E-state index is 12.7. The molecule has 0 bridgehead atoms. The molecule has 1 atom stereocenters. The summed E-state index contributed by atoms with van der Waals surface area (Å²) in [5, 5.41) is 13.5. The first kappa shape index (κ1) is 18.0. The molecule has 2 N–H and O–H groups in total. The van der Waals surface area contributed by atoms with Crippen molar-refractivity contribution in [2.45, 2.75) is 50.5 Å². The van der Waals surface area contributed by atoms with Crippen molar-refractivity contribution in [3.05, 3.63) is 64.1 Å². The minimum absolute atomic E-state index is 0.0557. The van der Waals surface area contributed by atoms with Gasteiger partial charge in [-0.1, -0.05) is 65.5 Å². The lowest BCUT2D eigenvalue weighted by Crippen LogP contribution is -2.36. The highest BCUT2D eigenvalue weighted by molar-refractivity contribution is 9.10. The van der Waals surface area contributed by atoms with Crippen LogP contribution in [0.15, 0.2) is 53.0 Å². The van der Waals surface area contributed by atoms with Gasteiger partial charge in [0.15, 0.2) is 0 Å². The average Bonchev–Trinajstić information content (AvgIpc) is 2.63. The van der Waals surface area contributed by atoms with Crippen molar-refractivity contribution in [1.29, 1.82) is 0 Å². The van der Waals surface area contributed by atoms with E-state index < -0.39 is 0 Å². The Morgan fingerprint density at radius 1 is 1.12 bits per heavy atom. The molecule has 1 aliphatic carbocycles. The van der Waals surface area contributed by atoms with E-state index in [1.54, 1.807) is 6.07 Å². The Hall–Kier alpha value is -1.81. The number of carbonyl (C=O) groups excluding carboxylic acids is 1. The summed E-state index contributed by atoms with van der Waals surface area (Å²) in [6.45, 7) is 0. The van der Waals surface area contributed by atoms with E-state index in [1.807, 2.05) is 42.5 Å². The van der Waals surface area contributed by atoms with E-state index in [4.69, 9.17) is 0 Å². The van der Waals surface area contributed by atoms with Crippen molar-refractivity contribution in [3.63, 3.8) is 0 Å². The van der Waals surface area contributed by atoms with Gasteiger partial charge in [0.25, 0.3) is 0 Å². The number of phenols is 1. The first-order chi connectivity index (χ1) is 12.1. The maximum Gasteiger partial charge on any atom is 0.221 e. The highest BCUT2D eigenvalue weighted by atomic mass is 79.9. The summed E-state index contributed by atoms with van der Waals surface area (Å²) in [6.07, 6.45) is 6.14. The first-order valence-corrected chi connectivity index (χ1v) is 9.75. The molecule has 1 saturated carbocycles. The van der Waals surface area contributed by atoms with Gasteiger partial charge in [-0.25, -0.2) is 0 Å². The van der Waals surface area contributed by atoms with Crippen LogP contribution >= 0.6 is 15.9 Å². The molecular formula is C21H24BrNO2. The van der Waals surface area contributed by atoms with Crippen molar-refractivity contribution in [3.8, 4) is 5.75 Å². The average molecular weight is 402 g/mol. The Kier molecular flexibility index (Phi) is 6.14. The molecule has 0 radical (unpaired) electrons. The van der Waals surface area contributed by atoms with Gasteiger partial charge >= 0.3 is 0 Å². The van der Waals surface area contributed by atoms with Crippen LogP contribution in [-0.4, -0.2) is 17.1 Å². The summed E-state index contributed by atoms with van der Waals surface area (Å²) in [6, 6.07) is 15.6. The second-order valence-electron chi connectivity index (χ2n) is 6.77. The van der Waals surface area contributed by atoms with Gasteiger partial charge in [-0.05, 0) is 36.6 Å². The predicted octanol–water partition coefficient (Wildman–Crippen LogP) is 5.13. The second-order valence-corrected chi connectivity index (χ2v) is 7.69. The fourth-order valence-corrected chi connectivity index (χ4v) is 3.99. The van der Waals surface area contributed by atoms with Crippen LogP contribution in [0.1, 0.15) is 55.6 Å². The third-order valence-electron chi connectivity index (χ3n) is 4.93. The summed E-state index contributed by atoms with van der Waals surface area (Å²) < 4.78 is 0.897. The van der Waals surface area contributed by atoms with E-state index in [0.717, 1.165) is 28.4 Å². The number of halogens is 1. The number of hydrogen-bond donors (Lipinski definition) is 2. The highest BCUT2D eigenvalue weighted by Crippen LogP contribution is 2.35. The molecule has 3 nitrogen and oxygen atoms in total. The van der Waals surface area contributed by atoms with Gasteiger partial charge in [-0.3, -0.25) is 4.79 Å². The van der Waals surface area contributed by atoms with Gasteiger partial charge in [-0.15, -0.1) is 0 Å². The largest absolute Gasteiger partial charge is 0.508 e. The van der Waals surface area contributed by atoms with E-state index in [1.165, 1.54) is 19.3 Å². The standard InChI is InChI=1S/C21H24BrNO2/c22-16-11-12-20(24)19(13-16)18(15-7-3-1-4-8-15)14-21(25)23-17-9-5-2-6-10-17/h1,3-4,7-8,11-13,17-18,24H,2,5-6,9-10,14H2,(H,23,25)/t18-/m1/s1. The van der Waals surface area contributed by atoms with Crippen LogP contribution in [0.5, 0.6) is 5.75 Å². The lowest BCUT2D eigenvalue weighted by molar-refractivity contribution is -0.122. The number of rotatable bonds is 5. The highest BCUT2D eigenvalue weighted by Gasteiger charge is 2.23. The number of phenolic OH excluding ortho intramolecular Hbond substituents is 1. The van der Waals surface area contributed by atoms with Crippen LogP contribution in [0.25, 0.3) is 0 Å². The van der Waals surface area contributed by atoms with Crippen LogP contribution in [0, 0.1) is 0 Å². The lowest BCUT2D eigenvalue weighted by atomic mass is 9.87. The van der Waals surface area contributed by atoms with Crippen LogP contribution in [0.4, 0.5) is 0 Å². The molecule has 1 amide bonds. The Bertz CT molecular complexity index is 711. The zero-order chi connectivity index (χ0) is 17.6. The topological polar surface area (TPSA) is 49.3 Å². The second kappa shape index (κ2) is 8.52. The zero-order valence-electron chi connectivity index (χ0n) is 14.2. The van der Waals surface area contributed by atoms with Gasteiger partial charge in [0, 0.05) is 28.4 Å². The quantitative estimate of drug-likeness (QED) is 0.729. The molecule has 0 saturated heterocycles. The maximum atomic E-state index is 12.7. The monoisotopic (exact) mass is 401 g/mol. The molecule has 25 heavy (non-hydrogen) atoms. The van der Waals surface area contributed by atoms with Crippen molar-refractivity contribution in [1.82, 2.24) is 5.32 Å². The fourth-order valence-electron chi connectivity index (χ4n) is 3.62. The third-order valence-corrected chi connectivity index (χ3v) is 5.42. The molecule has 3 rings (SSSR count). The SMILES string of the molecule is O=C(C[C@H](c1ccccc1)c1cc(Br)ccc1O)NC1CCCCC1. The predicted molar refractivity (Wildman–Crippen MR) is 104 cm³/mol. The number of nitrogens with one attached hydrogen (secondary N) is 1. The van der Waals surface area contributed by atoms with Gasteiger partial charge in [-0.2, -0.15) is 0 Å². The Balaban J connectivity index is 1.81. The molecule has 4 heteroatoms.